The molecule has 21 heavy (non-hydrogen) atoms. The Bertz CT molecular complexity index is 659. The van der Waals surface area contributed by atoms with Crippen LogP contribution in [0.15, 0.2) is 17.0 Å². The maximum Gasteiger partial charge on any atom is 0.322 e. The van der Waals surface area contributed by atoms with Gasteiger partial charge in [0.05, 0.1) is 11.3 Å². The summed E-state index contributed by atoms with van der Waals surface area (Å²) in [5, 5.41) is 8.98. The van der Waals surface area contributed by atoms with Gasteiger partial charge in [-0.25, -0.2) is 8.42 Å². The van der Waals surface area contributed by atoms with Gasteiger partial charge in [0.25, 0.3) is 0 Å². The average molecular weight is 314 g/mol. The van der Waals surface area contributed by atoms with Gasteiger partial charge in [0.15, 0.2) is 0 Å². The fraction of sp³-hybridized carbons (Fsp3) is 0.385. The largest absolute Gasteiger partial charge is 0.480 e. The summed E-state index contributed by atoms with van der Waals surface area (Å²) >= 11 is 0. The number of carbonyl (C=O) groups excluding carboxylic acids is 1. The number of benzene rings is 1. The summed E-state index contributed by atoms with van der Waals surface area (Å²) < 4.78 is 26.7. The third-order valence-electron chi connectivity index (χ3n) is 2.87. The summed E-state index contributed by atoms with van der Waals surface area (Å²) in [4.78, 5) is 21.9. The predicted octanol–water partition coefficient (Wildman–Crippen LogP) is 0.219. The summed E-state index contributed by atoms with van der Waals surface area (Å²) in [6.45, 7) is 5.08. The number of hydrogen-bond acceptors (Lipinski definition) is 4. The molecule has 1 rings (SSSR count). The second-order valence-corrected chi connectivity index (χ2v) is 6.56. The average Bonchev–Trinajstić information content (AvgIpc) is 2.24. The smallest absolute Gasteiger partial charge is 0.322 e. The number of sulfonamides is 1. The molecular weight excluding hydrogens is 296 g/mol. The molecule has 8 heteroatoms. The van der Waals surface area contributed by atoms with Crippen LogP contribution in [0.2, 0.25) is 0 Å². The van der Waals surface area contributed by atoms with Crippen molar-refractivity contribution in [1.29, 1.82) is 0 Å². The van der Waals surface area contributed by atoms with Crippen molar-refractivity contribution in [2.24, 2.45) is 5.73 Å². The molecular formula is C13H18N2O5S. The molecule has 1 amide bonds. The number of aryl methyl sites for hydroxylation is 3. The number of carbonyl (C=O) groups is 2. The number of primary amides is 1. The van der Waals surface area contributed by atoms with Crippen molar-refractivity contribution in [2.45, 2.75) is 38.1 Å². The molecule has 1 unspecified atom stereocenters. The van der Waals surface area contributed by atoms with E-state index in [1.54, 1.807) is 26.0 Å². The molecule has 7 nitrogen and oxygen atoms in total. The van der Waals surface area contributed by atoms with Crippen LogP contribution in [0.4, 0.5) is 0 Å². The van der Waals surface area contributed by atoms with E-state index in [1.807, 2.05) is 11.6 Å². The van der Waals surface area contributed by atoms with Crippen molar-refractivity contribution in [3.63, 3.8) is 0 Å². The first-order valence-corrected chi connectivity index (χ1v) is 7.64. The minimum atomic E-state index is -4.07. The Morgan fingerprint density at radius 1 is 1.24 bits per heavy atom. The van der Waals surface area contributed by atoms with E-state index in [0.717, 1.165) is 5.56 Å². The molecule has 0 radical (unpaired) electrons. The van der Waals surface area contributed by atoms with E-state index in [9.17, 15) is 18.0 Å². The molecule has 0 spiro atoms. The van der Waals surface area contributed by atoms with Crippen LogP contribution in [0.5, 0.6) is 0 Å². The molecule has 0 aliphatic rings. The van der Waals surface area contributed by atoms with Gasteiger partial charge in [0.1, 0.15) is 6.04 Å². The van der Waals surface area contributed by atoms with Gasteiger partial charge in [-0.3, -0.25) is 9.59 Å². The molecule has 0 aliphatic heterocycles. The van der Waals surface area contributed by atoms with E-state index < -0.39 is 34.4 Å². The summed E-state index contributed by atoms with van der Waals surface area (Å²) in [7, 11) is -4.07. The van der Waals surface area contributed by atoms with Crippen molar-refractivity contribution in [3.8, 4) is 0 Å². The Morgan fingerprint density at radius 2 is 1.71 bits per heavy atom. The Kier molecular flexibility index (Phi) is 5.08. The predicted molar refractivity (Wildman–Crippen MR) is 76.2 cm³/mol. The molecule has 0 aliphatic carbocycles. The zero-order valence-electron chi connectivity index (χ0n) is 12.0. The first-order valence-electron chi connectivity index (χ1n) is 6.16. The topological polar surface area (TPSA) is 127 Å². The first kappa shape index (κ1) is 17.1. The van der Waals surface area contributed by atoms with Crippen LogP contribution >= 0.6 is 0 Å². The van der Waals surface area contributed by atoms with E-state index in [1.165, 1.54) is 0 Å². The molecule has 0 bridgehead atoms. The van der Waals surface area contributed by atoms with Crippen molar-refractivity contribution in [2.75, 3.05) is 0 Å². The fourth-order valence-corrected chi connectivity index (χ4v) is 3.86. The van der Waals surface area contributed by atoms with Crippen LogP contribution in [0.3, 0.4) is 0 Å². The zero-order chi connectivity index (χ0) is 16.4. The SMILES string of the molecule is Cc1cc(C)c(S(=O)(=O)NC(CC(N)=O)C(=O)O)c(C)c1. The van der Waals surface area contributed by atoms with Crippen LogP contribution in [-0.2, 0) is 19.6 Å². The third-order valence-corrected chi connectivity index (χ3v) is 4.65. The number of rotatable bonds is 6. The summed E-state index contributed by atoms with van der Waals surface area (Å²) in [5.41, 5.74) is 6.84. The second kappa shape index (κ2) is 6.23. The van der Waals surface area contributed by atoms with Crippen LogP contribution in [0, 0.1) is 20.8 Å². The van der Waals surface area contributed by atoms with E-state index >= 15 is 0 Å². The highest BCUT2D eigenvalue weighted by molar-refractivity contribution is 7.89. The number of carboxylic acid groups (broad SMARTS) is 1. The lowest BCUT2D eigenvalue weighted by atomic mass is 10.1. The molecule has 0 fully saturated rings. The Hall–Kier alpha value is -1.93. The molecule has 1 atom stereocenters. The number of nitrogens with two attached hydrogens (primary N) is 1. The number of hydrogen-bond donors (Lipinski definition) is 3. The van der Waals surface area contributed by atoms with Gasteiger partial charge in [-0.15, -0.1) is 0 Å². The minimum Gasteiger partial charge on any atom is -0.480 e. The fourth-order valence-electron chi connectivity index (χ4n) is 2.22. The molecule has 4 N–H and O–H groups in total. The minimum absolute atomic E-state index is 0.0174. The van der Waals surface area contributed by atoms with Crippen LogP contribution in [-0.4, -0.2) is 31.4 Å². The van der Waals surface area contributed by atoms with Crippen LogP contribution in [0.1, 0.15) is 23.1 Å². The van der Waals surface area contributed by atoms with Gasteiger partial charge in [-0.2, -0.15) is 4.72 Å². The maximum atomic E-state index is 12.4. The van der Waals surface area contributed by atoms with Gasteiger partial charge in [-0.1, -0.05) is 17.7 Å². The molecule has 1 aromatic rings. The standard InChI is InChI=1S/C13H18N2O5S/c1-7-4-8(2)12(9(3)5-7)21(19,20)15-10(13(17)18)6-11(14)16/h4-5,10,15H,6H2,1-3H3,(H2,14,16)(H,17,18). The van der Waals surface area contributed by atoms with Crippen molar-refractivity contribution in [3.05, 3.63) is 28.8 Å². The number of aliphatic carboxylic acids is 1. The van der Waals surface area contributed by atoms with Crippen LogP contribution < -0.4 is 10.5 Å². The van der Waals surface area contributed by atoms with E-state index in [-0.39, 0.29) is 4.90 Å². The second-order valence-electron chi connectivity index (χ2n) is 4.91. The molecule has 0 saturated heterocycles. The highest BCUT2D eigenvalue weighted by Gasteiger charge is 2.28. The Morgan fingerprint density at radius 3 is 2.10 bits per heavy atom. The van der Waals surface area contributed by atoms with Gasteiger partial charge in [0.2, 0.25) is 15.9 Å². The van der Waals surface area contributed by atoms with Crippen molar-refractivity contribution >= 4 is 21.9 Å². The van der Waals surface area contributed by atoms with Gasteiger partial charge < -0.3 is 10.8 Å². The molecule has 116 valence electrons. The van der Waals surface area contributed by atoms with Gasteiger partial charge in [0, 0.05) is 0 Å². The summed E-state index contributed by atoms with van der Waals surface area (Å²) in [5.74, 6) is -2.36. The maximum absolute atomic E-state index is 12.4. The summed E-state index contributed by atoms with van der Waals surface area (Å²) in [6.07, 6.45) is -0.613. The van der Waals surface area contributed by atoms with Gasteiger partial charge >= 0.3 is 5.97 Å². The lowest BCUT2D eigenvalue weighted by Crippen LogP contribution is -2.43. The van der Waals surface area contributed by atoms with E-state index in [0.29, 0.717) is 11.1 Å². The quantitative estimate of drug-likeness (QED) is 0.692. The zero-order valence-corrected chi connectivity index (χ0v) is 12.8. The summed E-state index contributed by atoms with van der Waals surface area (Å²) in [6, 6.07) is 1.78. The van der Waals surface area contributed by atoms with E-state index in [2.05, 4.69) is 0 Å². The molecule has 0 heterocycles. The molecule has 1 aromatic carbocycles. The van der Waals surface area contributed by atoms with Gasteiger partial charge in [-0.05, 0) is 31.9 Å². The van der Waals surface area contributed by atoms with Crippen molar-refractivity contribution < 1.29 is 23.1 Å². The normalized spacial score (nSPS) is 12.9. The number of nitrogens with one attached hydrogen (secondary N) is 1. The van der Waals surface area contributed by atoms with E-state index in [4.69, 9.17) is 10.8 Å². The lowest BCUT2D eigenvalue weighted by Gasteiger charge is -2.16. The Labute approximate surface area is 123 Å². The van der Waals surface area contributed by atoms with Crippen LogP contribution in [0.25, 0.3) is 0 Å². The number of carboxylic acids is 1. The Balaban J connectivity index is 3.23. The third kappa shape index (κ3) is 4.27. The highest BCUT2D eigenvalue weighted by atomic mass is 32.2. The molecule has 0 saturated carbocycles. The highest BCUT2D eigenvalue weighted by Crippen LogP contribution is 2.22. The monoisotopic (exact) mass is 314 g/mol. The van der Waals surface area contributed by atoms with Crippen molar-refractivity contribution in [1.82, 2.24) is 4.72 Å². The lowest BCUT2D eigenvalue weighted by molar-refractivity contribution is -0.140. The number of amides is 1. The molecule has 0 aromatic heterocycles. The first-order chi connectivity index (χ1) is 9.54.